The van der Waals surface area contributed by atoms with Gasteiger partial charge in [-0.1, -0.05) is 0 Å². The molecule has 1 N–H and O–H groups in total. The average molecular weight is 398 g/mol. The summed E-state index contributed by atoms with van der Waals surface area (Å²) in [7, 11) is 0. The lowest BCUT2D eigenvalue weighted by atomic mass is 9.97. The van der Waals surface area contributed by atoms with Crippen molar-refractivity contribution in [2.45, 2.75) is 32.2 Å². The quantitative estimate of drug-likeness (QED) is 0.733. The summed E-state index contributed by atoms with van der Waals surface area (Å²) in [5.41, 5.74) is 1.21. The number of hydrogen-bond donors (Lipinski definition) is 1. The number of rotatable bonds is 3. The van der Waals surface area contributed by atoms with Crippen molar-refractivity contribution in [2.24, 2.45) is 0 Å². The molecule has 0 spiro atoms. The summed E-state index contributed by atoms with van der Waals surface area (Å²) < 4.78 is 5.21. The van der Waals surface area contributed by atoms with Crippen LogP contribution >= 0.6 is 11.3 Å². The number of aryl methyl sites for hydroxylation is 2. The summed E-state index contributed by atoms with van der Waals surface area (Å²) in [6, 6.07) is 3.42. The SMILES string of the molecule is O=C(c1ccco1)N1CCN(Cc2nc3sc4c(c3c(=O)[nH]2)CCCC4)CC1. The number of thiophene rings is 1. The van der Waals surface area contributed by atoms with Gasteiger partial charge in [0.1, 0.15) is 10.7 Å². The van der Waals surface area contributed by atoms with Crippen molar-refractivity contribution < 1.29 is 9.21 Å². The van der Waals surface area contributed by atoms with E-state index >= 15 is 0 Å². The number of amides is 1. The fourth-order valence-corrected chi connectivity index (χ4v) is 5.44. The van der Waals surface area contributed by atoms with Crippen LogP contribution in [0.3, 0.4) is 0 Å². The molecular formula is C20H22N4O3S. The summed E-state index contributed by atoms with van der Waals surface area (Å²) >= 11 is 1.68. The Labute approximate surface area is 166 Å². The van der Waals surface area contributed by atoms with Crippen LogP contribution in [0.5, 0.6) is 0 Å². The van der Waals surface area contributed by atoms with E-state index in [-0.39, 0.29) is 11.5 Å². The number of hydrogen-bond acceptors (Lipinski definition) is 6. The van der Waals surface area contributed by atoms with Crippen molar-refractivity contribution in [3.05, 3.63) is 50.8 Å². The number of nitrogens with zero attached hydrogens (tertiary/aromatic N) is 3. The highest BCUT2D eigenvalue weighted by atomic mass is 32.1. The first-order valence-electron chi connectivity index (χ1n) is 9.77. The topological polar surface area (TPSA) is 82.4 Å². The molecule has 1 aliphatic carbocycles. The largest absolute Gasteiger partial charge is 0.459 e. The van der Waals surface area contributed by atoms with Crippen LogP contribution in [-0.4, -0.2) is 51.9 Å². The molecule has 0 atom stereocenters. The molecule has 0 saturated carbocycles. The highest BCUT2D eigenvalue weighted by Gasteiger charge is 2.25. The second-order valence-electron chi connectivity index (χ2n) is 7.45. The Morgan fingerprint density at radius 2 is 2.04 bits per heavy atom. The van der Waals surface area contributed by atoms with Gasteiger partial charge in [0, 0.05) is 31.1 Å². The van der Waals surface area contributed by atoms with Crippen LogP contribution in [0.4, 0.5) is 0 Å². The number of piperazine rings is 1. The maximum absolute atomic E-state index is 12.7. The zero-order valence-electron chi connectivity index (χ0n) is 15.6. The molecule has 0 bridgehead atoms. The van der Waals surface area contributed by atoms with Crippen molar-refractivity contribution >= 4 is 27.5 Å². The second kappa shape index (κ2) is 7.18. The number of aromatic nitrogens is 2. The Hall–Kier alpha value is -2.45. The van der Waals surface area contributed by atoms with E-state index in [1.165, 1.54) is 23.1 Å². The van der Waals surface area contributed by atoms with Crippen LogP contribution in [0, 0.1) is 0 Å². The minimum absolute atomic E-state index is 0.00830. The molecule has 8 heteroatoms. The Balaban J connectivity index is 1.29. The number of aromatic amines is 1. The molecule has 1 saturated heterocycles. The van der Waals surface area contributed by atoms with Gasteiger partial charge in [-0.2, -0.15) is 0 Å². The smallest absolute Gasteiger partial charge is 0.289 e. The Bertz CT molecular complexity index is 1060. The molecule has 3 aromatic heterocycles. The van der Waals surface area contributed by atoms with E-state index in [0.717, 1.165) is 42.6 Å². The maximum atomic E-state index is 12.7. The van der Waals surface area contributed by atoms with Crippen LogP contribution in [0.15, 0.2) is 27.6 Å². The standard InChI is InChI=1S/C20H22N4O3S/c25-18-17-13-4-1-2-6-15(13)28-19(17)22-16(21-18)12-23-7-9-24(10-8-23)20(26)14-5-3-11-27-14/h3,5,11H,1-2,4,6-10,12H2,(H,21,22,25). The first-order chi connectivity index (χ1) is 13.7. The molecule has 5 rings (SSSR count). The lowest BCUT2D eigenvalue weighted by molar-refractivity contribution is 0.0595. The number of carbonyl (C=O) groups is 1. The minimum atomic E-state index is -0.0678. The molecule has 1 aliphatic heterocycles. The molecule has 2 aliphatic rings. The van der Waals surface area contributed by atoms with Crippen LogP contribution in [-0.2, 0) is 19.4 Å². The van der Waals surface area contributed by atoms with Gasteiger partial charge in [-0.25, -0.2) is 4.98 Å². The predicted molar refractivity (Wildman–Crippen MR) is 107 cm³/mol. The summed E-state index contributed by atoms with van der Waals surface area (Å²) in [6.07, 6.45) is 5.93. The molecule has 146 valence electrons. The van der Waals surface area contributed by atoms with Crippen LogP contribution in [0.25, 0.3) is 10.2 Å². The molecule has 4 heterocycles. The molecule has 7 nitrogen and oxygen atoms in total. The van der Waals surface area contributed by atoms with Gasteiger partial charge in [-0.3, -0.25) is 14.5 Å². The normalized spacial score (nSPS) is 17.8. The number of fused-ring (bicyclic) bond motifs is 3. The second-order valence-corrected chi connectivity index (χ2v) is 8.53. The van der Waals surface area contributed by atoms with Crippen LogP contribution in [0.2, 0.25) is 0 Å². The summed E-state index contributed by atoms with van der Waals surface area (Å²) in [5, 5.41) is 0.803. The van der Waals surface area contributed by atoms with Gasteiger partial charge in [-0.15, -0.1) is 11.3 Å². The van der Waals surface area contributed by atoms with Gasteiger partial charge in [0.2, 0.25) is 0 Å². The molecule has 1 fully saturated rings. The molecule has 1 amide bonds. The van der Waals surface area contributed by atoms with Crippen molar-refractivity contribution in [3.8, 4) is 0 Å². The van der Waals surface area contributed by atoms with Gasteiger partial charge >= 0.3 is 0 Å². The Morgan fingerprint density at radius 1 is 1.21 bits per heavy atom. The summed E-state index contributed by atoms with van der Waals surface area (Å²) in [6.45, 7) is 3.36. The first-order valence-corrected chi connectivity index (χ1v) is 10.6. The predicted octanol–water partition coefficient (Wildman–Crippen LogP) is 2.41. The monoisotopic (exact) mass is 398 g/mol. The number of carbonyl (C=O) groups excluding carboxylic acids is 1. The van der Waals surface area contributed by atoms with Gasteiger partial charge in [-0.05, 0) is 43.4 Å². The van der Waals surface area contributed by atoms with Crippen molar-refractivity contribution in [2.75, 3.05) is 26.2 Å². The van der Waals surface area contributed by atoms with Gasteiger partial charge in [0.25, 0.3) is 11.5 Å². The third-order valence-corrected chi connectivity index (χ3v) is 6.82. The van der Waals surface area contributed by atoms with Crippen molar-refractivity contribution in [1.29, 1.82) is 0 Å². The first kappa shape index (κ1) is 17.6. The van der Waals surface area contributed by atoms with E-state index in [1.807, 2.05) is 4.90 Å². The van der Waals surface area contributed by atoms with Crippen LogP contribution < -0.4 is 5.56 Å². The number of H-pyrrole nitrogens is 1. The fraction of sp³-hybridized carbons (Fsp3) is 0.450. The van der Waals surface area contributed by atoms with Crippen LogP contribution in [0.1, 0.15) is 39.7 Å². The average Bonchev–Trinajstić information content (AvgIpc) is 3.36. The highest BCUT2D eigenvalue weighted by Crippen LogP contribution is 2.33. The molecule has 3 aromatic rings. The highest BCUT2D eigenvalue weighted by molar-refractivity contribution is 7.18. The molecule has 28 heavy (non-hydrogen) atoms. The summed E-state index contributed by atoms with van der Waals surface area (Å²) in [5.74, 6) is 1.02. The zero-order valence-corrected chi connectivity index (χ0v) is 16.4. The minimum Gasteiger partial charge on any atom is -0.459 e. The molecular weight excluding hydrogens is 376 g/mol. The molecule has 0 radical (unpaired) electrons. The molecule has 0 unspecified atom stereocenters. The van der Waals surface area contributed by atoms with Crippen molar-refractivity contribution in [3.63, 3.8) is 0 Å². The van der Waals surface area contributed by atoms with Gasteiger partial charge in [0.15, 0.2) is 5.76 Å². The third kappa shape index (κ3) is 3.16. The number of nitrogens with one attached hydrogen (secondary N) is 1. The lowest BCUT2D eigenvalue weighted by Gasteiger charge is -2.33. The third-order valence-electron chi connectivity index (χ3n) is 5.64. The lowest BCUT2D eigenvalue weighted by Crippen LogP contribution is -2.48. The van der Waals surface area contributed by atoms with E-state index in [9.17, 15) is 9.59 Å². The number of furan rings is 1. The van der Waals surface area contributed by atoms with E-state index < -0.39 is 0 Å². The Morgan fingerprint density at radius 3 is 2.82 bits per heavy atom. The van der Waals surface area contributed by atoms with Gasteiger partial charge < -0.3 is 14.3 Å². The molecule has 0 aromatic carbocycles. The van der Waals surface area contributed by atoms with Gasteiger partial charge in [0.05, 0.1) is 18.2 Å². The Kier molecular flexibility index (Phi) is 4.52. The maximum Gasteiger partial charge on any atom is 0.289 e. The zero-order chi connectivity index (χ0) is 19.1. The van der Waals surface area contributed by atoms with E-state index in [2.05, 4.69) is 9.88 Å². The van der Waals surface area contributed by atoms with Crippen molar-refractivity contribution in [1.82, 2.24) is 19.8 Å². The van der Waals surface area contributed by atoms with E-state index in [1.54, 1.807) is 23.5 Å². The van der Waals surface area contributed by atoms with E-state index in [4.69, 9.17) is 9.40 Å². The summed E-state index contributed by atoms with van der Waals surface area (Å²) in [4.78, 5) is 39.0. The fourth-order valence-electron chi connectivity index (χ4n) is 4.16. The van der Waals surface area contributed by atoms with E-state index in [0.29, 0.717) is 31.2 Å².